The molecule has 3 N–H and O–H groups in total. The van der Waals surface area contributed by atoms with Crippen LogP contribution in [-0.2, 0) is 6.42 Å². The van der Waals surface area contributed by atoms with Crippen molar-refractivity contribution < 1.29 is 4.79 Å². The first-order chi connectivity index (χ1) is 12.1. The zero-order valence-corrected chi connectivity index (χ0v) is 15.3. The van der Waals surface area contributed by atoms with E-state index in [1.54, 1.807) is 23.0 Å². The van der Waals surface area contributed by atoms with Gasteiger partial charge in [0.05, 0.1) is 0 Å². The largest absolute Gasteiger partial charge is 0.351 e. The highest BCUT2D eigenvalue weighted by Gasteiger charge is 2.22. The predicted molar refractivity (Wildman–Crippen MR) is 102 cm³/mol. The minimum absolute atomic E-state index is 0.216. The van der Waals surface area contributed by atoms with Crippen LogP contribution in [0.5, 0.6) is 0 Å². The molecule has 0 fully saturated rings. The van der Waals surface area contributed by atoms with Gasteiger partial charge >= 0.3 is 6.03 Å². The van der Waals surface area contributed by atoms with Gasteiger partial charge in [-0.25, -0.2) is 9.78 Å². The fraction of sp³-hybridized carbons (Fsp3) is 0.389. The van der Waals surface area contributed by atoms with Gasteiger partial charge in [-0.2, -0.15) is 0 Å². The zero-order chi connectivity index (χ0) is 17.8. The Hall–Kier alpha value is -2.12. The second-order valence-corrected chi connectivity index (χ2v) is 7.18. The molecule has 0 saturated carbocycles. The summed E-state index contributed by atoms with van der Waals surface area (Å²) in [4.78, 5) is 22.0. The molecule has 132 valence electrons. The maximum absolute atomic E-state index is 11.6. The van der Waals surface area contributed by atoms with E-state index in [0.29, 0.717) is 12.4 Å². The van der Waals surface area contributed by atoms with Crippen LogP contribution in [0.1, 0.15) is 37.4 Å². The zero-order valence-electron chi connectivity index (χ0n) is 14.5. The van der Waals surface area contributed by atoms with Crippen LogP contribution in [0, 0.1) is 0 Å². The first-order valence-electron chi connectivity index (χ1n) is 8.48. The lowest BCUT2D eigenvalue weighted by Gasteiger charge is -2.27. The van der Waals surface area contributed by atoms with Gasteiger partial charge in [0, 0.05) is 48.1 Å². The fourth-order valence-corrected chi connectivity index (χ4v) is 3.52. The molecule has 3 heterocycles. The Labute approximate surface area is 152 Å². The molecule has 25 heavy (non-hydrogen) atoms. The number of primary amides is 1. The number of nitrogens with two attached hydrogens (primary N) is 1. The first kappa shape index (κ1) is 17.7. The number of amides is 2. The molecular formula is C18H23N5OS. The molecule has 1 atom stereocenters. The second kappa shape index (κ2) is 7.84. The maximum Gasteiger partial charge on any atom is 0.320 e. The molecule has 0 aliphatic carbocycles. The molecule has 2 amide bonds. The van der Waals surface area contributed by atoms with E-state index in [2.05, 4.69) is 40.7 Å². The summed E-state index contributed by atoms with van der Waals surface area (Å²) in [7, 11) is 0. The van der Waals surface area contributed by atoms with E-state index in [0.717, 1.165) is 40.8 Å². The van der Waals surface area contributed by atoms with Gasteiger partial charge in [0.2, 0.25) is 0 Å². The van der Waals surface area contributed by atoms with Crippen molar-refractivity contribution in [3.63, 3.8) is 0 Å². The predicted octanol–water partition coefficient (Wildman–Crippen LogP) is 3.29. The molecule has 3 rings (SSSR count). The second-order valence-electron chi connectivity index (χ2n) is 6.08. The number of carbonyl (C=O) groups is 1. The van der Waals surface area contributed by atoms with Gasteiger partial charge in [-0.1, -0.05) is 18.9 Å². The van der Waals surface area contributed by atoms with Crippen molar-refractivity contribution in [2.45, 2.75) is 32.7 Å². The average Bonchev–Trinajstić information content (AvgIpc) is 2.65. The molecule has 0 aromatic carbocycles. The fourth-order valence-electron chi connectivity index (χ4n) is 2.96. The van der Waals surface area contributed by atoms with Crippen LogP contribution < -0.4 is 15.4 Å². The number of fused-ring (bicyclic) bond motifs is 1. The van der Waals surface area contributed by atoms with Crippen LogP contribution in [0.25, 0.3) is 11.1 Å². The quantitative estimate of drug-likeness (QED) is 0.802. The molecule has 0 spiro atoms. The molecule has 1 aliphatic heterocycles. The smallest absolute Gasteiger partial charge is 0.320 e. The van der Waals surface area contributed by atoms with Crippen molar-refractivity contribution in [3.05, 3.63) is 41.9 Å². The molecular weight excluding hydrogens is 334 g/mol. The summed E-state index contributed by atoms with van der Waals surface area (Å²) in [5, 5.41) is 0. The molecule has 0 bridgehead atoms. The van der Waals surface area contributed by atoms with E-state index >= 15 is 0 Å². The number of pyridine rings is 2. The van der Waals surface area contributed by atoms with Crippen LogP contribution in [0.15, 0.2) is 30.7 Å². The normalized spacial score (nSPS) is 14.9. The highest BCUT2D eigenvalue weighted by Crippen LogP contribution is 2.30. The van der Waals surface area contributed by atoms with E-state index in [1.807, 2.05) is 12.4 Å². The minimum Gasteiger partial charge on any atom is -0.351 e. The van der Waals surface area contributed by atoms with Crippen molar-refractivity contribution in [2.24, 2.45) is 5.73 Å². The summed E-state index contributed by atoms with van der Waals surface area (Å²) in [6.07, 6.45) is 7.33. The Morgan fingerprint density at radius 1 is 1.36 bits per heavy atom. The van der Waals surface area contributed by atoms with E-state index in [1.165, 1.54) is 0 Å². The van der Waals surface area contributed by atoms with Crippen LogP contribution in [0.4, 0.5) is 10.6 Å². The van der Waals surface area contributed by atoms with Crippen molar-refractivity contribution in [2.75, 3.05) is 17.2 Å². The number of anilines is 1. The van der Waals surface area contributed by atoms with Gasteiger partial charge in [-0.05, 0) is 43.0 Å². The number of aromatic nitrogens is 2. The number of hydrogen-bond acceptors (Lipinski definition) is 5. The van der Waals surface area contributed by atoms with Gasteiger partial charge in [-0.15, -0.1) is 0 Å². The van der Waals surface area contributed by atoms with E-state index < -0.39 is 6.03 Å². The summed E-state index contributed by atoms with van der Waals surface area (Å²) in [5.41, 5.74) is 9.68. The lowest BCUT2D eigenvalue weighted by molar-refractivity contribution is 0.253. The van der Waals surface area contributed by atoms with Crippen LogP contribution >= 0.6 is 11.9 Å². The molecule has 7 heteroatoms. The van der Waals surface area contributed by atoms with Gasteiger partial charge in [0.15, 0.2) is 0 Å². The minimum atomic E-state index is -0.446. The summed E-state index contributed by atoms with van der Waals surface area (Å²) in [6.45, 7) is 4.87. The average molecular weight is 357 g/mol. The van der Waals surface area contributed by atoms with Crippen molar-refractivity contribution in [3.8, 4) is 11.1 Å². The third kappa shape index (κ3) is 3.93. The van der Waals surface area contributed by atoms with Crippen LogP contribution in [0.2, 0.25) is 0 Å². The van der Waals surface area contributed by atoms with Gasteiger partial charge in [0.1, 0.15) is 5.82 Å². The third-order valence-electron chi connectivity index (χ3n) is 4.29. The number of nitrogens with one attached hydrogen (secondary N) is 1. The van der Waals surface area contributed by atoms with E-state index in [-0.39, 0.29) is 6.04 Å². The molecule has 6 nitrogen and oxygen atoms in total. The Morgan fingerprint density at radius 3 is 2.92 bits per heavy atom. The molecule has 1 unspecified atom stereocenters. The summed E-state index contributed by atoms with van der Waals surface area (Å²) >= 11 is 1.69. The number of nitrogens with zero attached hydrogens (tertiary/aromatic N) is 3. The number of urea groups is 1. The van der Waals surface area contributed by atoms with E-state index in [9.17, 15) is 4.79 Å². The highest BCUT2D eigenvalue weighted by molar-refractivity contribution is 7.97. The summed E-state index contributed by atoms with van der Waals surface area (Å²) in [6, 6.07) is 4.00. The lowest BCUT2D eigenvalue weighted by atomic mass is 10.00. The topological polar surface area (TPSA) is 84.1 Å². The van der Waals surface area contributed by atoms with Crippen LogP contribution in [0.3, 0.4) is 0 Å². The summed E-state index contributed by atoms with van der Waals surface area (Å²) in [5.74, 6) is 1.70. The summed E-state index contributed by atoms with van der Waals surface area (Å²) < 4.78 is 3.40. The van der Waals surface area contributed by atoms with Gasteiger partial charge in [0.25, 0.3) is 0 Å². The monoisotopic (exact) mass is 357 g/mol. The van der Waals surface area contributed by atoms with Crippen molar-refractivity contribution in [1.82, 2.24) is 14.7 Å². The number of hydrogen-bond donors (Lipinski definition) is 2. The molecule has 2 aromatic heterocycles. The number of aryl methyl sites for hydroxylation is 1. The van der Waals surface area contributed by atoms with Gasteiger partial charge < -0.3 is 5.73 Å². The lowest BCUT2D eigenvalue weighted by Crippen LogP contribution is -2.40. The molecule has 2 aromatic rings. The highest BCUT2D eigenvalue weighted by atomic mass is 32.2. The van der Waals surface area contributed by atoms with Crippen LogP contribution in [-0.4, -0.2) is 28.3 Å². The number of carbonyl (C=O) groups excluding carboxylic acids is 1. The van der Waals surface area contributed by atoms with E-state index in [4.69, 9.17) is 5.73 Å². The first-order valence-corrected chi connectivity index (χ1v) is 9.47. The van der Waals surface area contributed by atoms with Gasteiger partial charge in [-0.3, -0.25) is 14.6 Å². The maximum atomic E-state index is 11.6. The Morgan fingerprint density at radius 2 is 2.16 bits per heavy atom. The molecule has 0 radical (unpaired) electrons. The SMILES string of the molecule is CCSNC(C)c1cncc(-c2cnc3c(c2)CCCN3C(N)=O)c1. The Bertz CT molecular complexity index is 767. The number of rotatable bonds is 5. The third-order valence-corrected chi connectivity index (χ3v) is 5.10. The standard InChI is InChI=1S/C18H23N5OS/c1-3-25-22-12(2)14-8-15(10-20-9-14)16-7-13-5-4-6-23(18(19)24)17(13)21-11-16/h7-12,22H,3-6H2,1-2H3,(H2,19,24). The Kier molecular flexibility index (Phi) is 5.55. The Balaban J connectivity index is 1.89. The van der Waals surface area contributed by atoms with Crippen molar-refractivity contribution >= 4 is 23.8 Å². The molecule has 0 saturated heterocycles. The molecule has 1 aliphatic rings. The van der Waals surface area contributed by atoms with Crippen molar-refractivity contribution in [1.29, 1.82) is 0 Å².